The minimum atomic E-state index is -0.0981. The lowest BCUT2D eigenvalue weighted by Gasteiger charge is -2.23. The van der Waals surface area contributed by atoms with Crippen molar-refractivity contribution in [3.63, 3.8) is 0 Å². The Balaban J connectivity index is 2.39. The molecule has 0 heterocycles. The van der Waals surface area contributed by atoms with E-state index >= 15 is 0 Å². The molecular formula is C18H20ClNO2. The van der Waals surface area contributed by atoms with E-state index in [0.29, 0.717) is 22.9 Å². The molecule has 0 unspecified atom stereocenters. The average Bonchev–Trinajstić information content (AvgIpc) is 2.56. The van der Waals surface area contributed by atoms with Gasteiger partial charge in [-0.05, 0) is 36.8 Å². The summed E-state index contributed by atoms with van der Waals surface area (Å²) in [4.78, 5) is 14.7. The SMILES string of the molecule is CCCCN(C(=O)c1cc(Cl)ccc1OC)c1ccccc1. The van der Waals surface area contributed by atoms with E-state index < -0.39 is 0 Å². The molecule has 0 aromatic heterocycles. The summed E-state index contributed by atoms with van der Waals surface area (Å²) in [5.74, 6) is 0.436. The van der Waals surface area contributed by atoms with Crippen molar-refractivity contribution >= 4 is 23.2 Å². The van der Waals surface area contributed by atoms with E-state index in [1.54, 1.807) is 30.2 Å². The van der Waals surface area contributed by atoms with E-state index in [4.69, 9.17) is 16.3 Å². The zero-order valence-corrected chi connectivity index (χ0v) is 13.6. The summed E-state index contributed by atoms with van der Waals surface area (Å²) in [5.41, 5.74) is 1.36. The number of halogens is 1. The molecule has 22 heavy (non-hydrogen) atoms. The maximum absolute atomic E-state index is 13.0. The third-order valence-electron chi connectivity index (χ3n) is 3.44. The van der Waals surface area contributed by atoms with Crippen molar-refractivity contribution in [2.45, 2.75) is 19.8 Å². The van der Waals surface area contributed by atoms with E-state index in [2.05, 4.69) is 6.92 Å². The van der Waals surface area contributed by atoms with Crippen molar-refractivity contribution in [3.8, 4) is 5.75 Å². The van der Waals surface area contributed by atoms with Gasteiger partial charge in [-0.1, -0.05) is 43.1 Å². The molecule has 116 valence electrons. The molecule has 3 nitrogen and oxygen atoms in total. The quantitative estimate of drug-likeness (QED) is 0.766. The van der Waals surface area contributed by atoms with Crippen LogP contribution < -0.4 is 9.64 Å². The van der Waals surface area contributed by atoms with Gasteiger partial charge in [0, 0.05) is 17.3 Å². The minimum absolute atomic E-state index is 0.0981. The molecule has 0 aliphatic rings. The van der Waals surface area contributed by atoms with E-state index in [0.717, 1.165) is 18.5 Å². The van der Waals surface area contributed by atoms with Crippen LogP contribution in [0.4, 0.5) is 5.69 Å². The summed E-state index contributed by atoms with van der Waals surface area (Å²) in [6.07, 6.45) is 1.95. The molecule has 0 radical (unpaired) electrons. The van der Waals surface area contributed by atoms with E-state index in [1.807, 2.05) is 30.3 Å². The van der Waals surface area contributed by atoms with Crippen LogP contribution in [-0.4, -0.2) is 19.6 Å². The van der Waals surface area contributed by atoms with Gasteiger partial charge in [0.25, 0.3) is 5.91 Å². The van der Waals surface area contributed by atoms with Crippen LogP contribution in [0.3, 0.4) is 0 Å². The predicted octanol–water partition coefficient (Wildman–Crippen LogP) is 4.80. The molecular weight excluding hydrogens is 298 g/mol. The highest BCUT2D eigenvalue weighted by Crippen LogP contribution is 2.26. The Morgan fingerprint density at radius 2 is 1.91 bits per heavy atom. The molecule has 0 aliphatic carbocycles. The monoisotopic (exact) mass is 317 g/mol. The number of unbranched alkanes of at least 4 members (excludes halogenated alkanes) is 1. The largest absolute Gasteiger partial charge is 0.496 e. The Morgan fingerprint density at radius 1 is 1.18 bits per heavy atom. The van der Waals surface area contributed by atoms with E-state index in [1.165, 1.54) is 0 Å². The first kappa shape index (κ1) is 16.4. The van der Waals surface area contributed by atoms with Crippen molar-refractivity contribution in [1.82, 2.24) is 0 Å². The Hall–Kier alpha value is -2.00. The number of anilines is 1. The molecule has 2 aromatic carbocycles. The number of methoxy groups -OCH3 is 1. The molecule has 0 N–H and O–H groups in total. The molecule has 2 aromatic rings. The molecule has 0 fully saturated rings. The molecule has 0 saturated heterocycles. The van der Waals surface area contributed by atoms with Crippen molar-refractivity contribution in [3.05, 3.63) is 59.1 Å². The highest BCUT2D eigenvalue weighted by Gasteiger charge is 2.21. The van der Waals surface area contributed by atoms with E-state index in [9.17, 15) is 4.79 Å². The van der Waals surface area contributed by atoms with Crippen LogP contribution in [0.1, 0.15) is 30.1 Å². The fourth-order valence-corrected chi connectivity index (χ4v) is 2.44. The molecule has 0 saturated carbocycles. The van der Waals surface area contributed by atoms with Crippen LogP contribution in [0.25, 0.3) is 0 Å². The third-order valence-corrected chi connectivity index (χ3v) is 3.68. The number of carbonyl (C=O) groups is 1. The zero-order chi connectivity index (χ0) is 15.9. The summed E-state index contributed by atoms with van der Waals surface area (Å²) in [6.45, 7) is 2.77. The molecule has 0 spiro atoms. The van der Waals surface area contributed by atoms with Gasteiger partial charge in [0.05, 0.1) is 12.7 Å². The number of benzene rings is 2. The van der Waals surface area contributed by atoms with Crippen LogP contribution in [0, 0.1) is 0 Å². The summed E-state index contributed by atoms with van der Waals surface area (Å²) in [6, 6.07) is 14.8. The van der Waals surface area contributed by atoms with Crippen LogP contribution in [0.5, 0.6) is 5.75 Å². The molecule has 0 atom stereocenters. The number of rotatable bonds is 6. The third kappa shape index (κ3) is 3.80. The second-order valence-corrected chi connectivity index (χ2v) is 5.43. The van der Waals surface area contributed by atoms with Crippen molar-refractivity contribution in [2.24, 2.45) is 0 Å². The average molecular weight is 318 g/mol. The second kappa shape index (κ2) is 7.85. The molecule has 4 heteroatoms. The van der Waals surface area contributed by atoms with Gasteiger partial charge in [0.15, 0.2) is 0 Å². The Morgan fingerprint density at radius 3 is 2.55 bits per heavy atom. The fraction of sp³-hybridized carbons (Fsp3) is 0.278. The predicted molar refractivity (Wildman–Crippen MR) is 91.0 cm³/mol. The first-order chi connectivity index (χ1) is 10.7. The zero-order valence-electron chi connectivity index (χ0n) is 12.9. The van der Waals surface area contributed by atoms with Gasteiger partial charge >= 0.3 is 0 Å². The van der Waals surface area contributed by atoms with Gasteiger partial charge in [-0.25, -0.2) is 0 Å². The normalized spacial score (nSPS) is 10.3. The molecule has 2 rings (SSSR count). The minimum Gasteiger partial charge on any atom is -0.496 e. The van der Waals surface area contributed by atoms with Gasteiger partial charge in [0.1, 0.15) is 5.75 Å². The summed E-state index contributed by atoms with van der Waals surface area (Å²) < 4.78 is 5.31. The van der Waals surface area contributed by atoms with Gasteiger partial charge in [0.2, 0.25) is 0 Å². The Bertz CT molecular complexity index is 628. The first-order valence-electron chi connectivity index (χ1n) is 7.37. The van der Waals surface area contributed by atoms with Gasteiger partial charge in [-0.3, -0.25) is 4.79 Å². The highest BCUT2D eigenvalue weighted by molar-refractivity contribution is 6.31. The van der Waals surface area contributed by atoms with Crippen molar-refractivity contribution in [2.75, 3.05) is 18.6 Å². The highest BCUT2D eigenvalue weighted by atomic mass is 35.5. The number of carbonyl (C=O) groups excluding carboxylic acids is 1. The van der Waals surface area contributed by atoms with Crippen molar-refractivity contribution < 1.29 is 9.53 Å². The number of amides is 1. The number of nitrogens with zero attached hydrogens (tertiary/aromatic N) is 1. The lowest BCUT2D eigenvalue weighted by molar-refractivity contribution is 0.0983. The van der Waals surface area contributed by atoms with Crippen molar-refractivity contribution in [1.29, 1.82) is 0 Å². The standard InChI is InChI=1S/C18H20ClNO2/c1-3-4-12-20(15-8-6-5-7-9-15)18(21)16-13-14(19)10-11-17(16)22-2/h5-11,13H,3-4,12H2,1-2H3. The number of ether oxygens (including phenoxy) is 1. The maximum atomic E-state index is 13.0. The van der Waals surface area contributed by atoms with E-state index in [-0.39, 0.29) is 5.91 Å². The topological polar surface area (TPSA) is 29.5 Å². The smallest absolute Gasteiger partial charge is 0.262 e. The van der Waals surface area contributed by atoms with Crippen LogP contribution in [-0.2, 0) is 0 Å². The van der Waals surface area contributed by atoms with Crippen LogP contribution in [0.15, 0.2) is 48.5 Å². The molecule has 0 bridgehead atoms. The molecule has 0 aliphatic heterocycles. The Labute approximate surface area is 136 Å². The van der Waals surface area contributed by atoms with Crippen LogP contribution in [0.2, 0.25) is 5.02 Å². The lowest BCUT2D eigenvalue weighted by atomic mass is 10.1. The number of hydrogen-bond acceptors (Lipinski definition) is 2. The number of hydrogen-bond donors (Lipinski definition) is 0. The van der Waals surface area contributed by atoms with Crippen LogP contribution >= 0.6 is 11.6 Å². The second-order valence-electron chi connectivity index (χ2n) is 4.99. The maximum Gasteiger partial charge on any atom is 0.262 e. The van der Waals surface area contributed by atoms with Gasteiger partial charge < -0.3 is 9.64 Å². The first-order valence-corrected chi connectivity index (χ1v) is 7.75. The Kier molecular flexibility index (Phi) is 5.84. The number of para-hydroxylation sites is 1. The molecule has 1 amide bonds. The summed E-state index contributed by atoms with van der Waals surface area (Å²) in [7, 11) is 1.55. The lowest BCUT2D eigenvalue weighted by Crippen LogP contribution is -2.32. The fourth-order valence-electron chi connectivity index (χ4n) is 2.26. The summed E-state index contributed by atoms with van der Waals surface area (Å²) in [5, 5.41) is 0.521. The summed E-state index contributed by atoms with van der Waals surface area (Å²) >= 11 is 6.05. The van der Waals surface area contributed by atoms with Gasteiger partial charge in [-0.15, -0.1) is 0 Å². The van der Waals surface area contributed by atoms with Gasteiger partial charge in [-0.2, -0.15) is 0 Å².